The molecule has 5 nitrogen and oxygen atoms in total. The topological polar surface area (TPSA) is 87.0 Å². The smallest absolute Gasteiger partial charge is 0.351 e. The molecule has 4 fully saturated rings. The van der Waals surface area contributed by atoms with Gasteiger partial charge in [0.25, 0.3) is 0 Å². The second-order valence-corrected chi connectivity index (χ2v) is 8.54. The first-order valence-corrected chi connectivity index (χ1v) is 8.69. The van der Waals surface area contributed by atoms with E-state index in [-0.39, 0.29) is 0 Å². The van der Waals surface area contributed by atoms with E-state index in [0.29, 0.717) is 37.0 Å². The van der Waals surface area contributed by atoms with E-state index in [1.807, 2.05) is 0 Å². The van der Waals surface area contributed by atoms with E-state index in [4.69, 9.17) is 18.4 Å². The highest BCUT2D eigenvalue weighted by Crippen LogP contribution is 2.58. The molecule has 21 heavy (non-hydrogen) atoms. The van der Waals surface area contributed by atoms with Crippen LogP contribution >= 0.6 is 10.9 Å². The number of ether oxygens (including phenoxy) is 1. The fourth-order valence-electron chi connectivity index (χ4n) is 4.70. The molecule has 3 N–H and O–H groups in total. The van der Waals surface area contributed by atoms with E-state index >= 15 is 0 Å². The summed E-state index contributed by atoms with van der Waals surface area (Å²) in [6, 6.07) is 0. The Bertz CT molecular complexity index is 413. The molecule has 0 saturated heterocycles. The number of esters is 1. The summed E-state index contributed by atoms with van der Waals surface area (Å²) in [5.74, 6) is 0.337. The van der Waals surface area contributed by atoms with E-state index < -0.39 is 34.1 Å². The molecule has 4 aliphatic carbocycles. The van der Waals surface area contributed by atoms with Crippen molar-refractivity contribution in [3.05, 3.63) is 0 Å². The summed E-state index contributed by atoms with van der Waals surface area (Å²) >= 11 is 0. The molecule has 0 atom stereocenters. The molecule has 0 unspecified atom stereocenters. The van der Waals surface area contributed by atoms with Crippen molar-refractivity contribution in [2.45, 2.75) is 55.8 Å². The van der Waals surface area contributed by atoms with Crippen molar-refractivity contribution in [1.29, 1.82) is 0 Å². The average molecular weight is 326 g/mol. The second-order valence-electron chi connectivity index (χ2n) is 6.91. The average Bonchev–Trinajstić information content (AvgIpc) is 2.22. The highest BCUT2D eigenvalue weighted by atomic mass is 32.3. The number of carbonyl (C=O) groups is 1. The molecule has 0 aromatic heterocycles. The van der Waals surface area contributed by atoms with Gasteiger partial charge in [0.1, 0.15) is 12.0 Å². The number of halogens is 2. The fourth-order valence-corrected chi connectivity index (χ4v) is 5.01. The van der Waals surface area contributed by atoms with Crippen LogP contribution in [-0.2, 0) is 9.53 Å². The van der Waals surface area contributed by atoms with Crippen LogP contribution in [0.2, 0.25) is 0 Å². The van der Waals surface area contributed by atoms with Crippen molar-refractivity contribution in [3.8, 4) is 0 Å². The third-order valence-corrected chi connectivity index (χ3v) is 6.01. The van der Waals surface area contributed by atoms with Crippen LogP contribution in [0.3, 0.4) is 0 Å². The molecule has 4 saturated carbocycles. The lowest BCUT2D eigenvalue weighted by Gasteiger charge is -2.55. The minimum atomic E-state index is -5.10. The summed E-state index contributed by atoms with van der Waals surface area (Å²) in [5.41, 5.74) is -0.653. The summed E-state index contributed by atoms with van der Waals surface area (Å²) < 4.78 is 58.0. The molecule has 0 heterocycles. The molecule has 8 heteroatoms. The van der Waals surface area contributed by atoms with Gasteiger partial charge in [-0.3, -0.25) is 4.79 Å². The van der Waals surface area contributed by atoms with Crippen LogP contribution in [0.25, 0.3) is 0 Å². The zero-order valence-electron chi connectivity index (χ0n) is 11.5. The van der Waals surface area contributed by atoms with Gasteiger partial charge in [-0.1, -0.05) is 0 Å². The highest BCUT2D eigenvalue weighted by molar-refractivity contribution is 8.20. The van der Waals surface area contributed by atoms with Gasteiger partial charge in [-0.2, -0.15) is 8.78 Å². The molecular weight excluding hydrogens is 306 g/mol. The van der Waals surface area contributed by atoms with Crippen LogP contribution in [0, 0.1) is 17.8 Å². The van der Waals surface area contributed by atoms with E-state index in [1.54, 1.807) is 0 Å². The maximum Gasteiger partial charge on any atom is 0.351 e. The zero-order valence-corrected chi connectivity index (χ0v) is 12.3. The summed E-state index contributed by atoms with van der Waals surface area (Å²) in [6.45, 7) is 0. The van der Waals surface area contributed by atoms with Crippen molar-refractivity contribution in [3.63, 3.8) is 0 Å². The molecule has 0 aromatic carbocycles. The van der Waals surface area contributed by atoms with E-state index in [1.165, 1.54) is 0 Å². The Morgan fingerprint density at radius 2 is 1.52 bits per heavy atom. The van der Waals surface area contributed by atoms with Crippen molar-refractivity contribution in [2.24, 2.45) is 17.8 Å². The monoisotopic (exact) mass is 326 g/mol. The van der Waals surface area contributed by atoms with E-state index in [9.17, 15) is 13.6 Å². The number of rotatable bonds is 4. The van der Waals surface area contributed by atoms with Crippen molar-refractivity contribution >= 4 is 16.8 Å². The molecule has 122 valence electrons. The van der Waals surface area contributed by atoms with Crippen LogP contribution in [0.1, 0.15) is 44.9 Å². The van der Waals surface area contributed by atoms with Gasteiger partial charge < -0.3 is 18.4 Å². The normalized spacial score (nSPS) is 39.4. The lowest BCUT2D eigenvalue weighted by atomic mass is 9.54. The van der Waals surface area contributed by atoms with Gasteiger partial charge in [-0.05, 0) is 56.3 Å². The summed E-state index contributed by atoms with van der Waals surface area (Å²) in [4.78, 5) is 11.8. The maximum absolute atomic E-state index is 13.3. The quantitative estimate of drug-likeness (QED) is 0.686. The van der Waals surface area contributed by atoms with Gasteiger partial charge in [-0.25, -0.2) is 0 Å². The van der Waals surface area contributed by atoms with Crippen LogP contribution in [-0.4, -0.2) is 30.5 Å². The van der Waals surface area contributed by atoms with Gasteiger partial charge in [0.15, 0.2) is 10.9 Å². The largest absolute Gasteiger partial charge is 0.459 e. The number of hydrogen-bond donors (Lipinski definition) is 3. The Balaban J connectivity index is 1.65. The number of hydrogen-bond acceptors (Lipinski definition) is 5. The Morgan fingerprint density at radius 3 is 1.90 bits per heavy atom. The third-order valence-electron chi connectivity index (χ3n) is 5.06. The van der Waals surface area contributed by atoms with Crippen LogP contribution in [0.4, 0.5) is 8.78 Å². The minimum absolute atomic E-state index is 0.503. The van der Waals surface area contributed by atoms with Crippen LogP contribution in [0.5, 0.6) is 0 Å². The summed E-state index contributed by atoms with van der Waals surface area (Å²) in [7, 11) is -5.10. The fraction of sp³-hybridized carbons (Fsp3) is 0.923. The molecule has 4 rings (SSSR count). The molecule has 4 bridgehead atoms. The van der Waals surface area contributed by atoms with E-state index in [2.05, 4.69) is 0 Å². The predicted molar refractivity (Wildman–Crippen MR) is 72.0 cm³/mol. The first-order valence-electron chi connectivity index (χ1n) is 7.18. The molecule has 0 amide bonds. The molecule has 0 spiro atoms. The van der Waals surface area contributed by atoms with Gasteiger partial charge in [0.2, 0.25) is 0 Å². The minimum Gasteiger partial charge on any atom is -0.459 e. The zero-order chi connectivity index (χ0) is 15.5. The Kier molecular flexibility index (Phi) is 3.52. The Hall–Kier alpha value is -0.440. The Morgan fingerprint density at radius 1 is 1.10 bits per heavy atom. The SMILES string of the molecule is O=C(CC(F)(F)S(O)(O)O)OC12CC3CC(CC(C3)C1)C2. The van der Waals surface area contributed by atoms with Crippen molar-refractivity contribution < 1.29 is 32.0 Å². The standard InChI is InChI=1S/C13H20F2O5S/c14-13(15,21(17,18)19)7-11(16)20-12-4-8-1-9(5-12)3-10(2-8)6-12/h8-10,17-19H,1-7H2. The number of carbonyl (C=O) groups excluding carboxylic acids is 1. The van der Waals surface area contributed by atoms with Crippen LogP contribution < -0.4 is 0 Å². The number of alkyl halides is 2. The molecular formula is C13H20F2O5S. The van der Waals surface area contributed by atoms with Crippen molar-refractivity contribution in [1.82, 2.24) is 0 Å². The second kappa shape index (κ2) is 4.78. The third kappa shape index (κ3) is 2.91. The first-order chi connectivity index (χ1) is 9.59. The van der Waals surface area contributed by atoms with Gasteiger partial charge in [0.05, 0.1) is 0 Å². The summed E-state index contributed by atoms with van der Waals surface area (Å²) in [6.07, 6.45) is 4.02. The lowest BCUT2D eigenvalue weighted by molar-refractivity contribution is -0.190. The predicted octanol–water partition coefficient (Wildman–Crippen LogP) is 3.70. The highest BCUT2D eigenvalue weighted by Gasteiger charge is 2.55. The van der Waals surface area contributed by atoms with Crippen molar-refractivity contribution in [2.75, 3.05) is 0 Å². The van der Waals surface area contributed by atoms with Gasteiger partial charge in [0, 0.05) is 0 Å². The van der Waals surface area contributed by atoms with Gasteiger partial charge in [-0.15, -0.1) is 0 Å². The van der Waals surface area contributed by atoms with E-state index in [0.717, 1.165) is 19.3 Å². The van der Waals surface area contributed by atoms with Gasteiger partial charge >= 0.3 is 11.2 Å². The van der Waals surface area contributed by atoms with Crippen LogP contribution in [0.15, 0.2) is 0 Å². The Labute approximate surface area is 123 Å². The summed E-state index contributed by atoms with van der Waals surface area (Å²) in [5, 5.41) is -4.27. The maximum atomic E-state index is 13.3. The molecule has 4 aliphatic rings. The lowest BCUT2D eigenvalue weighted by Crippen LogP contribution is -2.53. The molecule has 0 aromatic rings. The molecule has 0 aliphatic heterocycles. The first kappa shape index (κ1) is 15.5. The molecule has 0 radical (unpaired) electrons.